The summed E-state index contributed by atoms with van der Waals surface area (Å²) < 4.78 is 0. The molecule has 0 amide bonds. The highest BCUT2D eigenvalue weighted by Gasteiger charge is 2.11. The van der Waals surface area contributed by atoms with Crippen molar-refractivity contribution < 1.29 is 4.92 Å². The third-order valence-corrected chi connectivity index (χ3v) is 3.48. The van der Waals surface area contributed by atoms with Crippen molar-refractivity contribution in [2.24, 2.45) is 4.99 Å². The van der Waals surface area contributed by atoms with Gasteiger partial charge in [-0.3, -0.25) is 15.1 Å². The van der Waals surface area contributed by atoms with Gasteiger partial charge in [0.25, 0.3) is 5.69 Å². The molecule has 7 heteroatoms. The van der Waals surface area contributed by atoms with Crippen LogP contribution in [0.5, 0.6) is 0 Å². The Balaban J connectivity index is 1.77. The standard InChI is InChI=1S/C16H23N5O2/c1-2-17-16(20-14-5-3-4-6-14)19-12-11-18-13-7-9-15(10-8-13)21(22)23/h3-4,7-10,14,18H,2,5-6,11-12H2,1H3,(H2,17,19,20). The minimum absolute atomic E-state index is 0.0948. The summed E-state index contributed by atoms with van der Waals surface area (Å²) in [5.41, 5.74) is 0.945. The number of guanidine groups is 1. The van der Waals surface area contributed by atoms with Gasteiger partial charge in [-0.1, -0.05) is 12.2 Å². The van der Waals surface area contributed by atoms with Gasteiger partial charge in [-0.15, -0.1) is 0 Å². The van der Waals surface area contributed by atoms with Crippen molar-refractivity contribution in [1.29, 1.82) is 0 Å². The number of rotatable bonds is 7. The van der Waals surface area contributed by atoms with E-state index in [1.807, 2.05) is 6.92 Å². The lowest BCUT2D eigenvalue weighted by Crippen LogP contribution is -2.42. The molecule has 0 unspecified atom stereocenters. The second-order valence-corrected chi connectivity index (χ2v) is 5.28. The topological polar surface area (TPSA) is 91.6 Å². The van der Waals surface area contributed by atoms with E-state index in [0.29, 0.717) is 19.1 Å². The number of hydrogen-bond donors (Lipinski definition) is 3. The fourth-order valence-electron chi connectivity index (χ4n) is 2.32. The van der Waals surface area contributed by atoms with Crippen LogP contribution in [0.25, 0.3) is 0 Å². The van der Waals surface area contributed by atoms with Crippen molar-refractivity contribution in [3.8, 4) is 0 Å². The largest absolute Gasteiger partial charge is 0.383 e. The van der Waals surface area contributed by atoms with Crippen molar-refractivity contribution in [2.45, 2.75) is 25.8 Å². The molecule has 0 atom stereocenters. The lowest BCUT2D eigenvalue weighted by Gasteiger charge is -2.16. The van der Waals surface area contributed by atoms with Gasteiger partial charge in [0.05, 0.1) is 11.5 Å². The van der Waals surface area contributed by atoms with Gasteiger partial charge in [-0.2, -0.15) is 0 Å². The number of non-ortho nitro benzene ring substituents is 1. The fourth-order valence-corrected chi connectivity index (χ4v) is 2.32. The van der Waals surface area contributed by atoms with Crippen LogP contribution < -0.4 is 16.0 Å². The molecule has 0 heterocycles. The zero-order chi connectivity index (χ0) is 16.5. The Bertz CT molecular complexity index is 560. The van der Waals surface area contributed by atoms with Crippen molar-refractivity contribution in [2.75, 3.05) is 25.0 Å². The number of nitrogens with zero attached hydrogens (tertiary/aromatic N) is 2. The van der Waals surface area contributed by atoms with E-state index in [2.05, 4.69) is 33.1 Å². The molecule has 1 aliphatic rings. The summed E-state index contributed by atoms with van der Waals surface area (Å²) in [6, 6.07) is 6.81. The van der Waals surface area contributed by atoms with E-state index >= 15 is 0 Å². The summed E-state index contributed by atoms with van der Waals surface area (Å²) in [7, 11) is 0. The van der Waals surface area contributed by atoms with Crippen LogP contribution in [0.3, 0.4) is 0 Å². The molecule has 0 aliphatic heterocycles. The Morgan fingerprint density at radius 1 is 1.30 bits per heavy atom. The van der Waals surface area contributed by atoms with Crippen molar-refractivity contribution in [3.05, 3.63) is 46.5 Å². The van der Waals surface area contributed by atoms with Gasteiger partial charge in [-0.25, -0.2) is 0 Å². The number of anilines is 1. The maximum atomic E-state index is 10.6. The maximum absolute atomic E-state index is 10.6. The highest BCUT2D eigenvalue weighted by Crippen LogP contribution is 2.15. The van der Waals surface area contributed by atoms with E-state index in [1.165, 1.54) is 12.1 Å². The zero-order valence-electron chi connectivity index (χ0n) is 13.3. The van der Waals surface area contributed by atoms with Crippen LogP contribution >= 0.6 is 0 Å². The van der Waals surface area contributed by atoms with E-state index in [4.69, 9.17) is 0 Å². The normalized spacial score (nSPS) is 14.7. The highest BCUT2D eigenvalue weighted by molar-refractivity contribution is 5.80. The van der Waals surface area contributed by atoms with Gasteiger partial charge in [-0.05, 0) is 31.9 Å². The van der Waals surface area contributed by atoms with Crippen molar-refractivity contribution in [3.63, 3.8) is 0 Å². The first kappa shape index (κ1) is 16.8. The molecule has 0 radical (unpaired) electrons. The number of benzene rings is 1. The minimum atomic E-state index is -0.402. The predicted molar refractivity (Wildman–Crippen MR) is 92.9 cm³/mol. The Kier molecular flexibility index (Phi) is 6.40. The lowest BCUT2D eigenvalue weighted by atomic mass is 10.2. The van der Waals surface area contributed by atoms with E-state index in [9.17, 15) is 10.1 Å². The molecule has 7 nitrogen and oxygen atoms in total. The average Bonchev–Trinajstić information content (AvgIpc) is 3.05. The number of hydrogen-bond acceptors (Lipinski definition) is 4. The molecule has 23 heavy (non-hydrogen) atoms. The first-order valence-corrected chi connectivity index (χ1v) is 7.87. The van der Waals surface area contributed by atoms with Gasteiger partial charge in [0.15, 0.2) is 5.96 Å². The smallest absolute Gasteiger partial charge is 0.269 e. The Morgan fingerprint density at radius 3 is 2.61 bits per heavy atom. The van der Waals surface area contributed by atoms with E-state index in [-0.39, 0.29) is 5.69 Å². The SMILES string of the molecule is CCNC(=NCCNc1ccc([N+](=O)[O-])cc1)NC1CC=CC1. The Hall–Kier alpha value is -2.57. The van der Waals surface area contributed by atoms with Crippen LogP contribution in [-0.4, -0.2) is 36.6 Å². The molecule has 0 bridgehead atoms. The van der Waals surface area contributed by atoms with E-state index in [1.54, 1.807) is 12.1 Å². The summed E-state index contributed by atoms with van der Waals surface area (Å²) in [6.07, 6.45) is 6.42. The first-order valence-electron chi connectivity index (χ1n) is 7.87. The molecule has 0 saturated carbocycles. The van der Waals surface area contributed by atoms with Crippen LogP contribution in [-0.2, 0) is 0 Å². The van der Waals surface area contributed by atoms with E-state index in [0.717, 1.165) is 31.0 Å². The van der Waals surface area contributed by atoms with Crippen LogP contribution in [0.4, 0.5) is 11.4 Å². The molecule has 124 valence electrons. The molecule has 3 N–H and O–H groups in total. The maximum Gasteiger partial charge on any atom is 0.269 e. The van der Waals surface area contributed by atoms with Crippen LogP contribution in [0, 0.1) is 10.1 Å². The summed E-state index contributed by atoms with van der Waals surface area (Å²) in [5, 5.41) is 20.5. The van der Waals surface area contributed by atoms with Gasteiger partial charge in [0, 0.05) is 37.0 Å². The lowest BCUT2D eigenvalue weighted by molar-refractivity contribution is -0.384. The number of aliphatic imine (C=N–C) groups is 1. The number of nitro groups is 1. The second kappa shape index (κ2) is 8.77. The van der Waals surface area contributed by atoms with Gasteiger partial charge < -0.3 is 16.0 Å². The summed E-state index contributed by atoms with van der Waals surface area (Å²) >= 11 is 0. The molecule has 0 spiro atoms. The molecule has 0 saturated heterocycles. The zero-order valence-corrected chi connectivity index (χ0v) is 13.3. The van der Waals surface area contributed by atoms with Crippen molar-refractivity contribution in [1.82, 2.24) is 10.6 Å². The summed E-state index contributed by atoms with van der Waals surface area (Å²) in [4.78, 5) is 14.7. The number of nitro benzene ring substituents is 1. The van der Waals surface area contributed by atoms with Gasteiger partial charge >= 0.3 is 0 Å². The monoisotopic (exact) mass is 317 g/mol. The van der Waals surface area contributed by atoms with Gasteiger partial charge in [0.2, 0.25) is 0 Å². The molecule has 2 rings (SSSR count). The van der Waals surface area contributed by atoms with Crippen LogP contribution in [0.2, 0.25) is 0 Å². The van der Waals surface area contributed by atoms with E-state index < -0.39 is 4.92 Å². The molecule has 0 aromatic heterocycles. The quantitative estimate of drug-likeness (QED) is 0.179. The fraction of sp³-hybridized carbons (Fsp3) is 0.438. The third kappa shape index (κ3) is 5.61. The Morgan fingerprint density at radius 2 is 2.00 bits per heavy atom. The summed E-state index contributed by atoms with van der Waals surface area (Å²) in [5.74, 6) is 0.826. The first-order chi connectivity index (χ1) is 11.2. The predicted octanol–water partition coefficient (Wildman–Crippen LogP) is 2.28. The van der Waals surface area contributed by atoms with Gasteiger partial charge in [0.1, 0.15) is 0 Å². The molecule has 1 aromatic carbocycles. The molecule has 1 aliphatic carbocycles. The highest BCUT2D eigenvalue weighted by atomic mass is 16.6. The molecular formula is C16H23N5O2. The molecular weight excluding hydrogens is 294 g/mol. The Labute approximate surface area is 136 Å². The summed E-state index contributed by atoms with van der Waals surface area (Å²) in [6.45, 7) is 4.14. The second-order valence-electron chi connectivity index (χ2n) is 5.28. The molecule has 0 fully saturated rings. The average molecular weight is 317 g/mol. The minimum Gasteiger partial charge on any atom is -0.383 e. The van der Waals surface area contributed by atoms with Crippen LogP contribution in [0.1, 0.15) is 19.8 Å². The molecule has 1 aromatic rings. The van der Waals surface area contributed by atoms with Crippen LogP contribution in [0.15, 0.2) is 41.4 Å². The van der Waals surface area contributed by atoms with Crippen molar-refractivity contribution >= 4 is 17.3 Å². The third-order valence-electron chi connectivity index (χ3n) is 3.48. The number of nitrogens with one attached hydrogen (secondary N) is 3.